The molecule has 0 aliphatic rings. The molecule has 2 radical (unpaired) electrons. The SMILES string of the molecule is [B]c1ccc([C@@H](C)NC(=O)OC(C)(C)C)cc1OC. The zero-order chi connectivity index (χ0) is 14.6. The largest absolute Gasteiger partial charge is 0.497 e. The Morgan fingerprint density at radius 3 is 2.53 bits per heavy atom. The molecular weight excluding hydrogens is 241 g/mol. The van der Waals surface area contributed by atoms with E-state index < -0.39 is 11.7 Å². The molecule has 0 heterocycles. The van der Waals surface area contributed by atoms with Crippen molar-refractivity contribution in [2.45, 2.75) is 39.3 Å². The molecule has 1 aromatic rings. The van der Waals surface area contributed by atoms with Crippen LogP contribution < -0.4 is 15.5 Å². The van der Waals surface area contributed by atoms with Crippen molar-refractivity contribution < 1.29 is 14.3 Å². The lowest BCUT2D eigenvalue weighted by Crippen LogP contribution is -2.34. The van der Waals surface area contributed by atoms with Gasteiger partial charge in [-0.2, -0.15) is 0 Å². The van der Waals surface area contributed by atoms with Crippen LogP contribution in [-0.4, -0.2) is 26.7 Å². The molecule has 1 atom stereocenters. The fraction of sp³-hybridized carbons (Fsp3) is 0.500. The van der Waals surface area contributed by atoms with Crippen LogP contribution in [0.4, 0.5) is 4.79 Å². The predicted molar refractivity (Wildman–Crippen MR) is 76.2 cm³/mol. The van der Waals surface area contributed by atoms with Crippen molar-refractivity contribution in [2.24, 2.45) is 0 Å². The third-order valence-electron chi connectivity index (χ3n) is 2.49. The van der Waals surface area contributed by atoms with Gasteiger partial charge in [0.15, 0.2) is 0 Å². The number of carbonyl (C=O) groups excluding carboxylic acids is 1. The lowest BCUT2D eigenvalue weighted by atomic mass is 9.92. The zero-order valence-electron chi connectivity index (χ0n) is 12.1. The topological polar surface area (TPSA) is 47.6 Å². The Morgan fingerprint density at radius 1 is 1.37 bits per heavy atom. The first-order valence-corrected chi connectivity index (χ1v) is 6.16. The highest BCUT2D eigenvalue weighted by molar-refractivity contribution is 6.34. The maximum atomic E-state index is 11.7. The molecule has 0 bridgehead atoms. The van der Waals surface area contributed by atoms with Gasteiger partial charge in [-0.25, -0.2) is 4.79 Å². The second-order valence-electron chi connectivity index (χ2n) is 5.37. The summed E-state index contributed by atoms with van der Waals surface area (Å²) >= 11 is 0. The molecule has 0 unspecified atom stereocenters. The quantitative estimate of drug-likeness (QED) is 0.847. The maximum Gasteiger partial charge on any atom is 0.408 e. The molecular formula is C14H20BNO3. The highest BCUT2D eigenvalue weighted by Gasteiger charge is 2.18. The number of hydrogen-bond donors (Lipinski definition) is 1. The van der Waals surface area contributed by atoms with Crippen molar-refractivity contribution in [1.82, 2.24) is 5.32 Å². The minimum Gasteiger partial charge on any atom is -0.497 e. The highest BCUT2D eigenvalue weighted by atomic mass is 16.6. The van der Waals surface area contributed by atoms with Crippen LogP contribution >= 0.6 is 0 Å². The number of nitrogens with one attached hydrogen (secondary N) is 1. The van der Waals surface area contributed by atoms with Gasteiger partial charge in [0.1, 0.15) is 19.2 Å². The zero-order valence-corrected chi connectivity index (χ0v) is 12.1. The van der Waals surface area contributed by atoms with E-state index in [1.165, 1.54) is 0 Å². The summed E-state index contributed by atoms with van der Waals surface area (Å²) in [7, 11) is 7.30. The molecule has 1 aromatic carbocycles. The molecule has 0 spiro atoms. The lowest BCUT2D eigenvalue weighted by molar-refractivity contribution is 0.0508. The van der Waals surface area contributed by atoms with E-state index >= 15 is 0 Å². The number of rotatable bonds is 3. The molecule has 4 nitrogen and oxygen atoms in total. The number of alkyl carbamates (subject to hydrolysis) is 1. The fourth-order valence-electron chi connectivity index (χ4n) is 1.56. The van der Waals surface area contributed by atoms with E-state index in [-0.39, 0.29) is 6.04 Å². The summed E-state index contributed by atoms with van der Waals surface area (Å²) in [6.07, 6.45) is -0.448. The molecule has 0 aromatic heterocycles. The van der Waals surface area contributed by atoms with Gasteiger partial charge in [0.2, 0.25) is 0 Å². The van der Waals surface area contributed by atoms with Crippen LogP contribution in [0.3, 0.4) is 0 Å². The van der Waals surface area contributed by atoms with Crippen LogP contribution in [0.5, 0.6) is 5.75 Å². The third kappa shape index (κ3) is 4.85. The van der Waals surface area contributed by atoms with Gasteiger partial charge in [-0.3, -0.25) is 0 Å². The smallest absolute Gasteiger partial charge is 0.408 e. The normalized spacial score (nSPS) is 12.7. The molecule has 1 amide bonds. The number of carbonyl (C=O) groups is 1. The first-order chi connectivity index (χ1) is 8.73. The minimum absolute atomic E-state index is 0.190. The van der Waals surface area contributed by atoms with Gasteiger partial charge in [-0.15, -0.1) is 0 Å². The van der Waals surface area contributed by atoms with Gasteiger partial charge < -0.3 is 14.8 Å². The van der Waals surface area contributed by atoms with Crippen LogP contribution in [0.2, 0.25) is 0 Å². The van der Waals surface area contributed by atoms with E-state index in [2.05, 4.69) is 5.32 Å². The van der Waals surface area contributed by atoms with Crippen molar-refractivity contribution in [1.29, 1.82) is 0 Å². The highest BCUT2D eigenvalue weighted by Crippen LogP contribution is 2.17. The predicted octanol–water partition coefficient (Wildman–Crippen LogP) is 2.07. The van der Waals surface area contributed by atoms with Crippen molar-refractivity contribution in [3.63, 3.8) is 0 Å². The van der Waals surface area contributed by atoms with E-state index in [1.807, 2.05) is 33.8 Å². The number of hydrogen-bond acceptors (Lipinski definition) is 3. The molecule has 19 heavy (non-hydrogen) atoms. The lowest BCUT2D eigenvalue weighted by Gasteiger charge is -2.22. The Labute approximate surface area is 115 Å². The van der Waals surface area contributed by atoms with Crippen LogP contribution in [0.25, 0.3) is 0 Å². The van der Waals surface area contributed by atoms with E-state index in [1.54, 1.807) is 19.2 Å². The average molecular weight is 261 g/mol. The molecule has 5 heteroatoms. The number of benzene rings is 1. The summed E-state index contributed by atoms with van der Waals surface area (Å²) in [5, 5.41) is 2.77. The van der Waals surface area contributed by atoms with Crippen LogP contribution in [0, 0.1) is 0 Å². The molecule has 0 saturated heterocycles. The van der Waals surface area contributed by atoms with E-state index in [4.69, 9.17) is 17.3 Å². The van der Waals surface area contributed by atoms with Gasteiger partial charge in [0.05, 0.1) is 13.2 Å². The molecule has 1 rings (SSSR count). The Kier molecular flexibility index (Phi) is 4.87. The minimum atomic E-state index is -0.511. The van der Waals surface area contributed by atoms with Crippen molar-refractivity contribution in [3.05, 3.63) is 23.8 Å². The van der Waals surface area contributed by atoms with Crippen molar-refractivity contribution >= 4 is 19.4 Å². The van der Waals surface area contributed by atoms with Gasteiger partial charge >= 0.3 is 6.09 Å². The van der Waals surface area contributed by atoms with E-state index in [9.17, 15) is 4.79 Å². The summed E-state index contributed by atoms with van der Waals surface area (Å²) in [4.78, 5) is 11.7. The van der Waals surface area contributed by atoms with Gasteiger partial charge in [0, 0.05) is 0 Å². The Bertz CT molecular complexity index is 454. The second-order valence-corrected chi connectivity index (χ2v) is 5.37. The molecule has 0 fully saturated rings. The van der Waals surface area contributed by atoms with Gasteiger partial charge in [-0.05, 0) is 39.3 Å². The number of amides is 1. The number of methoxy groups -OCH3 is 1. The Balaban J connectivity index is 2.73. The standard InChI is InChI=1S/C14H20BNO3/c1-9(16-13(17)19-14(2,3)4)10-6-7-11(15)12(8-10)18-5/h6-9H,1-5H3,(H,16,17)/t9-/m1/s1. The summed E-state index contributed by atoms with van der Waals surface area (Å²) in [5.74, 6) is 0.593. The molecule has 0 saturated carbocycles. The van der Waals surface area contributed by atoms with Gasteiger partial charge in [0.25, 0.3) is 0 Å². The second kappa shape index (κ2) is 6.00. The average Bonchev–Trinajstić information content (AvgIpc) is 2.26. The first-order valence-electron chi connectivity index (χ1n) is 6.16. The summed E-state index contributed by atoms with van der Waals surface area (Å²) in [6, 6.07) is 5.21. The summed E-state index contributed by atoms with van der Waals surface area (Å²) < 4.78 is 10.4. The molecule has 0 aliphatic heterocycles. The Morgan fingerprint density at radius 2 is 2.00 bits per heavy atom. The third-order valence-corrected chi connectivity index (χ3v) is 2.49. The van der Waals surface area contributed by atoms with Crippen LogP contribution in [-0.2, 0) is 4.74 Å². The number of ether oxygens (including phenoxy) is 2. The molecule has 0 aliphatic carbocycles. The van der Waals surface area contributed by atoms with E-state index in [0.717, 1.165) is 5.56 Å². The monoisotopic (exact) mass is 261 g/mol. The first kappa shape index (κ1) is 15.4. The maximum absolute atomic E-state index is 11.7. The van der Waals surface area contributed by atoms with E-state index in [0.29, 0.717) is 11.2 Å². The summed E-state index contributed by atoms with van der Waals surface area (Å²) in [6.45, 7) is 7.34. The Hall–Kier alpha value is -1.65. The molecule has 102 valence electrons. The molecule has 1 N–H and O–H groups in total. The van der Waals surface area contributed by atoms with Crippen molar-refractivity contribution in [3.8, 4) is 5.75 Å². The van der Waals surface area contributed by atoms with Crippen LogP contribution in [0.1, 0.15) is 39.3 Å². The van der Waals surface area contributed by atoms with Crippen LogP contribution in [0.15, 0.2) is 18.2 Å². The van der Waals surface area contributed by atoms with Crippen molar-refractivity contribution in [2.75, 3.05) is 7.11 Å². The summed E-state index contributed by atoms with van der Waals surface area (Å²) in [5.41, 5.74) is 0.954. The van der Waals surface area contributed by atoms with Gasteiger partial charge in [-0.1, -0.05) is 17.6 Å². The fourth-order valence-corrected chi connectivity index (χ4v) is 1.56.